The summed E-state index contributed by atoms with van der Waals surface area (Å²) in [5, 5.41) is 0. The SMILES string of the molecule is CCCCCCCCCCCCCCCCCCOC[C@@H](COP(=O)(O)OCC[N+](C)(C)C)OC(=O)CCC. The van der Waals surface area contributed by atoms with Gasteiger partial charge in [0.15, 0.2) is 0 Å². The molecule has 39 heavy (non-hydrogen) atoms. The maximum atomic E-state index is 12.2. The van der Waals surface area contributed by atoms with Crippen LogP contribution in [-0.4, -0.2) is 75.6 Å². The zero-order valence-corrected chi connectivity index (χ0v) is 27.0. The van der Waals surface area contributed by atoms with Crippen LogP contribution in [0.15, 0.2) is 0 Å². The summed E-state index contributed by atoms with van der Waals surface area (Å²) in [4.78, 5) is 21.9. The van der Waals surface area contributed by atoms with Crippen molar-refractivity contribution in [1.29, 1.82) is 0 Å². The molecule has 0 aliphatic carbocycles. The monoisotopic (exact) mass is 580 g/mol. The number of unbranched alkanes of at least 4 members (excludes halogenated alkanes) is 15. The Morgan fingerprint density at radius 3 is 1.64 bits per heavy atom. The average Bonchev–Trinajstić information content (AvgIpc) is 2.85. The number of esters is 1. The van der Waals surface area contributed by atoms with E-state index >= 15 is 0 Å². The van der Waals surface area contributed by atoms with Gasteiger partial charge in [0, 0.05) is 13.0 Å². The zero-order valence-electron chi connectivity index (χ0n) is 26.1. The van der Waals surface area contributed by atoms with Gasteiger partial charge in [-0.2, -0.15) is 0 Å². The molecule has 0 saturated heterocycles. The van der Waals surface area contributed by atoms with Gasteiger partial charge in [0.2, 0.25) is 0 Å². The number of hydrogen-bond acceptors (Lipinski definition) is 6. The van der Waals surface area contributed by atoms with Crippen LogP contribution in [-0.2, 0) is 27.9 Å². The average molecular weight is 581 g/mol. The predicted octanol–water partition coefficient (Wildman–Crippen LogP) is 7.82. The van der Waals surface area contributed by atoms with Gasteiger partial charge in [-0.15, -0.1) is 0 Å². The third-order valence-corrected chi connectivity index (χ3v) is 7.62. The largest absolute Gasteiger partial charge is 0.472 e. The molecule has 9 heteroatoms. The highest BCUT2D eigenvalue weighted by Crippen LogP contribution is 2.43. The van der Waals surface area contributed by atoms with E-state index in [1.807, 2.05) is 28.1 Å². The third-order valence-electron chi connectivity index (χ3n) is 6.64. The lowest BCUT2D eigenvalue weighted by atomic mass is 10.0. The fourth-order valence-electron chi connectivity index (χ4n) is 4.18. The van der Waals surface area contributed by atoms with E-state index in [-0.39, 0.29) is 32.2 Å². The summed E-state index contributed by atoms with van der Waals surface area (Å²) in [5.41, 5.74) is 0. The highest BCUT2D eigenvalue weighted by Gasteiger charge is 2.26. The smallest absolute Gasteiger partial charge is 0.457 e. The number of carbonyl (C=O) groups excluding carboxylic acids is 1. The second kappa shape index (κ2) is 25.2. The van der Waals surface area contributed by atoms with Gasteiger partial charge in [-0.05, 0) is 12.8 Å². The number of phosphoric acid groups is 1. The lowest BCUT2D eigenvalue weighted by Gasteiger charge is -2.24. The number of phosphoric ester groups is 1. The van der Waals surface area contributed by atoms with E-state index in [9.17, 15) is 14.3 Å². The molecule has 234 valence electrons. The van der Waals surface area contributed by atoms with Crippen LogP contribution in [0.5, 0.6) is 0 Å². The van der Waals surface area contributed by atoms with Crippen LogP contribution >= 0.6 is 7.82 Å². The number of hydrogen-bond donors (Lipinski definition) is 1. The Labute approximate surface area is 240 Å². The van der Waals surface area contributed by atoms with E-state index < -0.39 is 13.9 Å². The standard InChI is InChI=1S/C30H62NO7P/c1-6-8-9-10-11-12-13-14-15-16-17-18-19-20-21-22-25-35-27-29(38-30(32)23-7-2)28-37-39(33,34)36-26-24-31(3,4)5/h29H,6-28H2,1-5H3/p+1/t29-/m0/s1. The first-order valence-electron chi connectivity index (χ1n) is 15.8. The van der Waals surface area contributed by atoms with E-state index in [0.717, 1.165) is 12.8 Å². The Morgan fingerprint density at radius 2 is 1.18 bits per heavy atom. The summed E-state index contributed by atoms with van der Waals surface area (Å²) in [6.45, 7) is 5.27. The minimum absolute atomic E-state index is 0.0906. The molecule has 0 spiro atoms. The molecule has 0 aromatic carbocycles. The second-order valence-corrected chi connectivity index (χ2v) is 13.3. The molecule has 0 bridgehead atoms. The predicted molar refractivity (Wildman–Crippen MR) is 160 cm³/mol. The molecule has 0 radical (unpaired) electrons. The summed E-state index contributed by atoms with van der Waals surface area (Å²) < 4.78 is 34.0. The van der Waals surface area contributed by atoms with Crippen LogP contribution in [0.4, 0.5) is 0 Å². The zero-order chi connectivity index (χ0) is 29.2. The molecule has 0 aliphatic heterocycles. The molecule has 2 atom stereocenters. The fraction of sp³-hybridized carbons (Fsp3) is 0.967. The molecule has 8 nitrogen and oxygen atoms in total. The van der Waals surface area contributed by atoms with Crippen LogP contribution < -0.4 is 0 Å². The van der Waals surface area contributed by atoms with Crippen molar-refractivity contribution in [3.8, 4) is 0 Å². The van der Waals surface area contributed by atoms with Crippen molar-refractivity contribution in [3.05, 3.63) is 0 Å². The van der Waals surface area contributed by atoms with Crippen LogP contribution in [0, 0.1) is 0 Å². The van der Waals surface area contributed by atoms with Crippen LogP contribution in [0.3, 0.4) is 0 Å². The van der Waals surface area contributed by atoms with E-state index in [1.54, 1.807) is 0 Å². The molecule has 0 fully saturated rings. The molecule has 0 aliphatic rings. The number of ether oxygens (including phenoxy) is 2. The maximum Gasteiger partial charge on any atom is 0.472 e. The topological polar surface area (TPSA) is 91.3 Å². The highest BCUT2D eigenvalue weighted by molar-refractivity contribution is 7.47. The molecule has 0 saturated carbocycles. The highest BCUT2D eigenvalue weighted by atomic mass is 31.2. The summed E-state index contributed by atoms with van der Waals surface area (Å²) in [6.07, 6.45) is 21.3. The molecule has 0 aromatic heterocycles. The maximum absolute atomic E-state index is 12.2. The van der Waals surface area contributed by atoms with E-state index in [1.165, 1.54) is 89.9 Å². The normalized spacial score (nSPS) is 14.3. The van der Waals surface area contributed by atoms with Crippen LogP contribution in [0.1, 0.15) is 129 Å². The van der Waals surface area contributed by atoms with Gasteiger partial charge in [-0.3, -0.25) is 13.8 Å². The number of nitrogens with zero attached hydrogens (tertiary/aromatic N) is 1. The van der Waals surface area contributed by atoms with Crippen LogP contribution in [0.25, 0.3) is 0 Å². The van der Waals surface area contributed by atoms with Crippen molar-refractivity contribution in [3.63, 3.8) is 0 Å². The fourth-order valence-corrected chi connectivity index (χ4v) is 4.92. The molecular weight excluding hydrogens is 517 g/mol. The van der Waals surface area contributed by atoms with Crippen molar-refractivity contribution in [2.75, 3.05) is 54.1 Å². The lowest BCUT2D eigenvalue weighted by molar-refractivity contribution is -0.870. The number of likely N-dealkylation sites (N-methyl/N-ethyl adjacent to an activating group) is 1. The van der Waals surface area contributed by atoms with Crippen molar-refractivity contribution in [2.24, 2.45) is 0 Å². The Morgan fingerprint density at radius 1 is 0.692 bits per heavy atom. The first kappa shape index (κ1) is 38.5. The minimum Gasteiger partial charge on any atom is -0.457 e. The number of rotatable bonds is 29. The molecule has 0 rings (SSSR count). The van der Waals surface area contributed by atoms with Gasteiger partial charge in [0.1, 0.15) is 19.3 Å². The number of quaternary nitrogens is 1. The summed E-state index contributed by atoms with van der Waals surface area (Å²) >= 11 is 0. The molecular formula is C30H63NO7P+. The van der Waals surface area contributed by atoms with Crippen molar-refractivity contribution in [1.82, 2.24) is 0 Å². The summed E-state index contributed by atoms with van der Waals surface area (Å²) in [5.74, 6) is -0.365. The van der Waals surface area contributed by atoms with Crippen molar-refractivity contribution >= 4 is 13.8 Å². The van der Waals surface area contributed by atoms with Gasteiger partial charge in [-0.25, -0.2) is 4.57 Å². The Kier molecular flexibility index (Phi) is 24.9. The van der Waals surface area contributed by atoms with E-state index in [2.05, 4.69) is 6.92 Å². The van der Waals surface area contributed by atoms with Gasteiger partial charge >= 0.3 is 13.8 Å². The van der Waals surface area contributed by atoms with Crippen molar-refractivity contribution < 1.29 is 37.3 Å². The van der Waals surface area contributed by atoms with Gasteiger partial charge < -0.3 is 18.9 Å². The first-order valence-corrected chi connectivity index (χ1v) is 17.3. The van der Waals surface area contributed by atoms with E-state index in [0.29, 0.717) is 24.1 Å². The third kappa shape index (κ3) is 28.8. The molecule has 0 amide bonds. The number of carbonyl (C=O) groups is 1. The quantitative estimate of drug-likeness (QED) is 0.0417. The summed E-state index contributed by atoms with van der Waals surface area (Å²) in [6, 6.07) is 0. The molecule has 0 heterocycles. The molecule has 0 aromatic rings. The van der Waals surface area contributed by atoms with E-state index in [4.69, 9.17) is 18.5 Å². The van der Waals surface area contributed by atoms with Gasteiger partial charge in [0.25, 0.3) is 0 Å². The first-order chi connectivity index (χ1) is 18.6. The molecule has 1 N–H and O–H groups in total. The van der Waals surface area contributed by atoms with Gasteiger partial charge in [0.05, 0.1) is 34.4 Å². The lowest BCUT2D eigenvalue weighted by Crippen LogP contribution is -2.37. The second-order valence-electron chi connectivity index (χ2n) is 11.9. The summed E-state index contributed by atoms with van der Waals surface area (Å²) in [7, 11) is 1.67. The molecule has 1 unspecified atom stereocenters. The van der Waals surface area contributed by atoms with Crippen molar-refractivity contribution in [2.45, 2.75) is 136 Å². The Bertz CT molecular complexity index is 613. The van der Waals surface area contributed by atoms with Crippen LogP contribution in [0.2, 0.25) is 0 Å². The van der Waals surface area contributed by atoms with Gasteiger partial charge in [-0.1, -0.05) is 110 Å². The Hall–Kier alpha value is -0.500. The minimum atomic E-state index is -4.23. The Balaban J connectivity index is 3.89.